The molecule has 0 bridgehead atoms. The van der Waals surface area contributed by atoms with Gasteiger partial charge in [-0.1, -0.05) is 66.2 Å². The van der Waals surface area contributed by atoms with Crippen LogP contribution < -0.4 is 0 Å². The minimum atomic E-state index is -0.266. The Morgan fingerprint density at radius 3 is 1.36 bits per heavy atom. The fraction of sp³-hybridized carbons (Fsp3) is 1.00. The molecular formula is C18H42O2Si2. The molecule has 0 aromatic rings. The fourth-order valence-corrected chi connectivity index (χ4v) is 5.65. The Morgan fingerprint density at radius 2 is 1.05 bits per heavy atom. The molecule has 0 saturated carbocycles. The average Bonchev–Trinajstić information content (AvgIpc) is 2.55. The molecule has 0 fully saturated rings. The Morgan fingerprint density at radius 1 is 0.636 bits per heavy atom. The maximum absolute atomic E-state index is 6.12. The minimum Gasteiger partial charge on any atom is -0.421 e. The molecule has 2 atom stereocenters. The van der Waals surface area contributed by atoms with Crippen LogP contribution in [0.4, 0.5) is 0 Å². The zero-order chi connectivity index (χ0) is 16.5. The summed E-state index contributed by atoms with van der Waals surface area (Å²) in [5, 5.41) is 0. The first-order chi connectivity index (χ1) is 10.8. The van der Waals surface area contributed by atoms with Crippen molar-refractivity contribution in [1.29, 1.82) is 0 Å². The predicted molar refractivity (Wildman–Crippen MR) is 105 cm³/mol. The van der Waals surface area contributed by atoms with E-state index in [2.05, 4.69) is 27.7 Å². The van der Waals surface area contributed by atoms with Crippen molar-refractivity contribution in [2.45, 2.75) is 116 Å². The molecule has 0 spiro atoms. The van der Waals surface area contributed by atoms with Gasteiger partial charge in [0.1, 0.15) is 0 Å². The molecule has 0 rings (SSSR count). The zero-order valence-corrected chi connectivity index (χ0v) is 18.7. The van der Waals surface area contributed by atoms with Gasteiger partial charge in [0, 0.05) is 12.2 Å². The molecule has 0 N–H and O–H groups in total. The number of rotatable bonds is 17. The van der Waals surface area contributed by atoms with Crippen molar-refractivity contribution in [3.8, 4) is 0 Å². The largest absolute Gasteiger partial charge is 0.421 e. The molecule has 134 valence electrons. The van der Waals surface area contributed by atoms with E-state index in [9.17, 15) is 0 Å². The summed E-state index contributed by atoms with van der Waals surface area (Å²) in [4.78, 5) is 0. The van der Waals surface area contributed by atoms with Crippen molar-refractivity contribution in [1.82, 2.24) is 0 Å². The molecule has 0 radical (unpaired) electrons. The highest BCUT2D eigenvalue weighted by Crippen LogP contribution is 2.11. The summed E-state index contributed by atoms with van der Waals surface area (Å²) in [6.45, 7) is 9.06. The Kier molecular flexibility index (Phi) is 18.0. The van der Waals surface area contributed by atoms with Crippen LogP contribution in [0, 0.1) is 0 Å². The molecule has 2 nitrogen and oxygen atoms in total. The molecule has 2 unspecified atom stereocenters. The van der Waals surface area contributed by atoms with E-state index in [1.165, 1.54) is 76.3 Å². The third kappa shape index (κ3) is 14.0. The molecule has 0 aliphatic heterocycles. The van der Waals surface area contributed by atoms with E-state index in [0.717, 1.165) is 0 Å². The molecule has 0 aliphatic rings. The van der Waals surface area contributed by atoms with Crippen molar-refractivity contribution in [3.63, 3.8) is 0 Å². The maximum Gasteiger partial charge on any atom is 0.161 e. The SMILES string of the molecule is CCCCC(CC)O[SiH2]CCCC[SiH2]OC(CC)CCCC. The van der Waals surface area contributed by atoms with Crippen molar-refractivity contribution in [3.05, 3.63) is 0 Å². The van der Waals surface area contributed by atoms with Gasteiger partial charge in [0.15, 0.2) is 19.5 Å². The number of hydrogen-bond donors (Lipinski definition) is 0. The summed E-state index contributed by atoms with van der Waals surface area (Å²) < 4.78 is 12.2. The van der Waals surface area contributed by atoms with Crippen molar-refractivity contribution >= 4 is 19.5 Å². The first kappa shape index (κ1) is 22.4. The van der Waals surface area contributed by atoms with Gasteiger partial charge in [0.2, 0.25) is 0 Å². The van der Waals surface area contributed by atoms with E-state index in [4.69, 9.17) is 8.85 Å². The van der Waals surface area contributed by atoms with E-state index in [0.29, 0.717) is 12.2 Å². The van der Waals surface area contributed by atoms with Crippen LogP contribution in [0.1, 0.15) is 91.9 Å². The summed E-state index contributed by atoms with van der Waals surface area (Å²) in [5.41, 5.74) is 0. The van der Waals surface area contributed by atoms with Crippen molar-refractivity contribution in [2.75, 3.05) is 0 Å². The maximum atomic E-state index is 6.12. The van der Waals surface area contributed by atoms with Gasteiger partial charge in [0.05, 0.1) is 0 Å². The topological polar surface area (TPSA) is 18.5 Å². The first-order valence-corrected chi connectivity index (χ1v) is 13.2. The molecule has 0 saturated heterocycles. The van der Waals surface area contributed by atoms with Gasteiger partial charge >= 0.3 is 0 Å². The van der Waals surface area contributed by atoms with Gasteiger partial charge in [0.25, 0.3) is 0 Å². The highest BCUT2D eigenvalue weighted by Gasteiger charge is 2.06. The lowest BCUT2D eigenvalue weighted by atomic mass is 10.1. The molecule has 0 amide bonds. The Balaban J connectivity index is 3.38. The van der Waals surface area contributed by atoms with E-state index < -0.39 is 0 Å². The van der Waals surface area contributed by atoms with Crippen LogP contribution in [0.15, 0.2) is 0 Å². The van der Waals surface area contributed by atoms with E-state index >= 15 is 0 Å². The van der Waals surface area contributed by atoms with Gasteiger partial charge in [-0.25, -0.2) is 0 Å². The second-order valence-electron chi connectivity index (χ2n) is 6.50. The van der Waals surface area contributed by atoms with Crippen LogP contribution in [0.25, 0.3) is 0 Å². The molecule has 0 aromatic carbocycles. The Bertz CT molecular complexity index is 193. The third-order valence-corrected chi connectivity index (χ3v) is 7.41. The standard InChI is InChI=1S/C18H42O2Si2/c1-5-9-13-17(7-3)19-21-15-11-12-16-22-20-18(8-4)14-10-6-2/h17-18H,5-16,21-22H2,1-4H3. The van der Waals surface area contributed by atoms with E-state index in [-0.39, 0.29) is 19.5 Å². The smallest absolute Gasteiger partial charge is 0.161 e. The van der Waals surface area contributed by atoms with Crippen LogP contribution in [0.5, 0.6) is 0 Å². The van der Waals surface area contributed by atoms with Gasteiger partial charge in [-0.05, 0) is 37.8 Å². The summed E-state index contributed by atoms with van der Waals surface area (Å²) in [6, 6.07) is 2.73. The fourth-order valence-electron chi connectivity index (χ4n) is 2.73. The molecule has 22 heavy (non-hydrogen) atoms. The number of hydrogen-bond acceptors (Lipinski definition) is 2. The van der Waals surface area contributed by atoms with Crippen LogP contribution in [0.3, 0.4) is 0 Å². The molecule has 0 aromatic heterocycles. The summed E-state index contributed by atoms with van der Waals surface area (Å²) in [5.74, 6) is 0. The molecule has 0 aliphatic carbocycles. The Hall–Kier alpha value is 0.354. The second kappa shape index (κ2) is 17.7. The third-order valence-electron chi connectivity index (χ3n) is 4.42. The highest BCUT2D eigenvalue weighted by atomic mass is 28.2. The average molecular weight is 347 g/mol. The van der Waals surface area contributed by atoms with E-state index in [1.54, 1.807) is 0 Å². The lowest BCUT2D eigenvalue weighted by Gasteiger charge is -2.16. The number of unbranched alkanes of at least 4 members (excludes halogenated alkanes) is 3. The van der Waals surface area contributed by atoms with Crippen LogP contribution >= 0.6 is 0 Å². The monoisotopic (exact) mass is 346 g/mol. The summed E-state index contributed by atoms with van der Waals surface area (Å²) in [6.07, 6.45) is 14.1. The first-order valence-electron chi connectivity index (χ1n) is 10.0. The lowest BCUT2D eigenvalue weighted by molar-refractivity contribution is 0.190. The lowest BCUT2D eigenvalue weighted by Crippen LogP contribution is -2.15. The second-order valence-corrected chi connectivity index (χ2v) is 9.40. The molecular weight excluding hydrogens is 304 g/mol. The van der Waals surface area contributed by atoms with Gasteiger partial charge < -0.3 is 8.85 Å². The zero-order valence-electron chi connectivity index (χ0n) is 15.9. The van der Waals surface area contributed by atoms with Gasteiger partial charge in [-0.3, -0.25) is 0 Å². The predicted octanol–water partition coefficient (Wildman–Crippen LogP) is 4.74. The molecule has 4 heteroatoms. The van der Waals surface area contributed by atoms with E-state index in [1.807, 2.05) is 0 Å². The normalized spacial score (nSPS) is 15.3. The minimum absolute atomic E-state index is 0.266. The van der Waals surface area contributed by atoms with Crippen molar-refractivity contribution in [2.24, 2.45) is 0 Å². The van der Waals surface area contributed by atoms with Crippen molar-refractivity contribution < 1.29 is 8.85 Å². The molecule has 0 heterocycles. The highest BCUT2D eigenvalue weighted by molar-refractivity contribution is 6.27. The summed E-state index contributed by atoms with van der Waals surface area (Å²) in [7, 11) is -0.532. The van der Waals surface area contributed by atoms with Crippen LogP contribution in [-0.2, 0) is 8.85 Å². The summed E-state index contributed by atoms with van der Waals surface area (Å²) >= 11 is 0. The quantitative estimate of drug-likeness (QED) is 0.280. The van der Waals surface area contributed by atoms with Gasteiger partial charge in [-0.15, -0.1) is 0 Å². The Labute approximate surface area is 145 Å². The van der Waals surface area contributed by atoms with Crippen LogP contribution in [-0.4, -0.2) is 31.7 Å². The van der Waals surface area contributed by atoms with Crippen LogP contribution in [0.2, 0.25) is 12.1 Å². The van der Waals surface area contributed by atoms with Gasteiger partial charge in [-0.2, -0.15) is 0 Å².